The Bertz CT molecular complexity index is 750. The second-order valence-electron chi connectivity index (χ2n) is 7.72. The third kappa shape index (κ3) is 5.26. The Balaban J connectivity index is 2.36. The van der Waals surface area contributed by atoms with Crippen LogP contribution in [0.15, 0.2) is 42.5 Å². The number of fused-ring (bicyclic) bond motifs is 1. The van der Waals surface area contributed by atoms with E-state index in [0.717, 1.165) is 25.8 Å². The van der Waals surface area contributed by atoms with E-state index in [-0.39, 0.29) is 4.59 Å². The molecule has 0 amide bonds. The summed E-state index contributed by atoms with van der Waals surface area (Å²) >= 11 is 0. The zero-order valence-corrected chi connectivity index (χ0v) is 16.8. The molecule has 0 N–H and O–H groups in total. The minimum atomic E-state index is -0.587. The van der Waals surface area contributed by atoms with Crippen LogP contribution >= 0.6 is 0 Å². The minimum Gasteiger partial charge on any atom is -0.473 e. The number of allylic oxidation sites excluding steroid dienone is 1. The third-order valence-corrected chi connectivity index (χ3v) is 4.07. The number of hydrogen-bond donors (Lipinski definition) is 0. The molecule has 2 heterocycles. The maximum atomic E-state index is 12.7. The van der Waals surface area contributed by atoms with Crippen LogP contribution in [-0.2, 0) is 9.53 Å². The molecular weight excluding hydrogens is 342 g/mol. The number of ether oxygens (including phenoxy) is 2. The molecule has 0 saturated carbocycles. The summed E-state index contributed by atoms with van der Waals surface area (Å²) in [5.74, 6) is 0.763. The number of aromatic nitrogens is 1. The van der Waals surface area contributed by atoms with Gasteiger partial charge < -0.3 is 9.47 Å². The average Bonchev–Trinajstić information content (AvgIpc) is 2.89. The van der Waals surface area contributed by atoms with Gasteiger partial charge in [-0.3, -0.25) is 0 Å². The van der Waals surface area contributed by atoms with Gasteiger partial charge in [0.25, 0.3) is 5.82 Å². The second kappa shape index (κ2) is 8.48. The summed E-state index contributed by atoms with van der Waals surface area (Å²) in [6.45, 7) is 14.0. The van der Waals surface area contributed by atoms with E-state index in [1.807, 2.05) is 40.0 Å². The van der Waals surface area contributed by atoms with E-state index in [0.29, 0.717) is 29.6 Å². The molecular formula is C21H30N3O3+. The number of quaternary nitrogens is 1. The lowest BCUT2D eigenvalue weighted by Crippen LogP contribution is -2.39. The monoisotopic (exact) mass is 372 g/mol. The minimum absolute atomic E-state index is 0.201. The van der Waals surface area contributed by atoms with Gasteiger partial charge in [-0.25, -0.2) is 4.79 Å². The lowest BCUT2D eigenvalue weighted by molar-refractivity contribution is -0.146. The molecule has 1 atom stereocenters. The molecule has 1 aromatic rings. The molecule has 0 saturated heterocycles. The number of carbonyl (C=O) groups is 1. The predicted molar refractivity (Wildman–Crippen MR) is 109 cm³/mol. The number of unbranched alkanes of at least 4 members (excludes halogenated alkanes) is 2. The van der Waals surface area contributed by atoms with Crippen LogP contribution in [0.1, 0.15) is 45.6 Å². The van der Waals surface area contributed by atoms with Crippen LogP contribution in [0.3, 0.4) is 0 Å². The summed E-state index contributed by atoms with van der Waals surface area (Å²) < 4.78 is 11.3. The molecule has 1 unspecified atom stereocenters. The van der Waals surface area contributed by atoms with E-state index in [4.69, 9.17) is 14.6 Å². The quantitative estimate of drug-likeness (QED) is 0.284. The molecule has 6 nitrogen and oxygen atoms in total. The molecule has 1 aromatic heterocycles. The Morgan fingerprint density at radius 1 is 1.22 bits per heavy atom. The fourth-order valence-electron chi connectivity index (χ4n) is 2.87. The van der Waals surface area contributed by atoms with Crippen LogP contribution in [-0.4, -0.2) is 42.5 Å². The fourth-order valence-corrected chi connectivity index (χ4v) is 2.87. The second-order valence-corrected chi connectivity index (χ2v) is 7.72. The van der Waals surface area contributed by atoms with Crippen molar-refractivity contribution in [3.63, 3.8) is 0 Å². The predicted octanol–water partition coefficient (Wildman–Crippen LogP) is 4.00. The lowest BCUT2D eigenvalue weighted by Gasteiger charge is -2.23. The Kier molecular flexibility index (Phi) is 6.54. The molecule has 0 aromatic carbocycles. The molecule has 1 aliphatic heterocycles. The van der Waals surface area contributed by atoms with Crippen LogP contribution in [0.4, 0.5) is 5.82 Å². The standard InChI is InChI=1S/C21H30N3O3/c1-7-9-10-11-14-24(6)19-16(12-13-17(22-19)26-15-8-2)18(23-24)20(25)27-21(3,4)5/h7-8,12-13H,1-2,9-11,14-15H2,3-6H3/q+1. The zero-order valence-electron chi connectivity index (χ0n) is 16.8. The lowest BCUT2D eigenvalue weighted by atomic mass is 10.1. The van der Waals surface area contributed by atoms with Crippen molar-refractivity contribution in [2.75, 3.05) is 20.2 Å². The summed E-state index contributed by atoms with van der Waals surface area (Å²) in [5.41, 5.74) is 0.422. The van der Waals surface area contributed by atoms with Crippen molar-refractivity contribution in [1.29, 1.82) is 0 Å². The number of nitrogens with zero attached hydrogens (tertiary/aromatic N) is 3. The number of hydrogen-bond acceptors (Lipinski definition) is 5. The fraction of sp³-hybridized carbons (Fsp3) is 0.476. The van der Waals surface area contributed by atoms with E-state index < -0.39 is 11.6 Å². The van der Waals surface area contributed by atoms with Crippen molar-refractivity contribution in [2.24, 2.45) is 5.10 Å². The van der Waals surface area contributed by atoms with Crippen molar-refractivity contribution in [1.82, 2.24) is 9.58 Å². The third-order valence-electron chi connectivity index (χ3n) is 4.07. The first kappa shape index (κ1) is 20.8. The Morgan fingerprint density at radius 2 is 1.96 bits per heavy atom. The summed E-state index contributed by atoms with van der Waals surface area (Å²) in [5, 5.41) is 4.71. The molecule has 6 heteroatoms. The summed E-state index contributed by atoms with van der Waals surface area (Å²) in [4.78, 5) is 17.3. The molecule has 146 valence electrons. The highest BCUT2D eigenvalue weighted by atomic mass is 16.6. The van der Waals surface area contributed by atoms with Gasteiger partial charge in [0.1, 0.15) is 18.8 Å². The molecule has 0 fully saturated rings. The van der Waals surface area contributed by atoms with Gasteiger partial charge in [0, 0.05) is 6.07 Å². The molecule has 0 radical (unpaired) electrons. The van der Waals surface area contributed by atoms with E-state index >= 15 is 0 Å². The zero-order chi connectivity index (χ0) is 20.1. The van der Waals surface area contributed by atoms with Gasteiger partial charge in [0.05, 0.1) is 12.6 Å². The highest BCUT2D eigenvalue weighted by Gasteiger charge is 2.43. The van der Waals surface area contributed by atoms with E-state index in [1.54, 1.807) is 12.1 Å². The first-order valence-electron chi connectivity index (χ1n) is 9.26. The summed E-state index contributed by atoms with van der Waals surface area (Å²) in [7, 11) is 1.95. The van der Waals surface area contributed by atoms with Gasteiger partial charge in [0.2, 0.25) is 11.6 Å². The number of rotatable bonds is 9. The van der Waals surface area contributed by atoms with Crippen molar-refractivity contribution >= 4 is 17.5 Å². The highest BCUT2D eigenvalue weighted by Crippen LogP contribution is 2.34. The SMILES string of the molecule is C=CCCCC[N+]1(C)N=C(C(=O)OC(C)(C)C)c2ccc(OCC=C)nc21. The van der Waals surface area contributed by atoms with Gasteiger partial charge in [-0.15, -0.1) is 6.58 Å². The van der Waals surface area contributed by atoms with Gasteiger partial charge in [-0.2, -0.15) is 9.58 Å². The summed E-state index contributed by atoms with van der Waals surface area (Å²) in [6.07, 6.45) is 6.47. The van der Waals surface area contributed by atoms with Gasteiger partial charge in [-0.05, 0) is 46.1 Å². The van der Waals surface area contributed by atoms with Gasteiger partial charge in [0.15, 0.2) is 0 Å². The molecule has 0 aliphatic carbocycles. The van der Waals surface area contributed by atoms with Gasteiger partial charge >= 0.3 is 5.97 Å². The molecule has 2 rings (SSSR count). The summed E-state index contributed by atoms with van der Waals surface area (Å²) in [6, 6.07) is 3.58. The maximum absolute atomic E-state index is 12.7. The normalized spacial score (nSPS) is 18.4. The van der Waals surface area contributed by atoms with E-state index in [1.165, 1.54) is 0 Å². The number of esters is 1. The van der Waals surface area contributed by atoms with E-state index in [9.17, 15) is 4.79 Å². The van der Waals surface area contributed by atoms with Crippen molar-refractivity contribution in [3.05, 3.63) is 43.0 Å². The van der Waals surface area contributed by atoms with Crippen molar-refractivity contribution in [3.8, 4) is 5.88 Å². The van der Waals surface area contributed by atoms with Crippen LogP contribution in [0.2, 0.25) is 0 Å². The Hall–Kier alpha value is -2.47. The number of carbonyl (C=O) groups excluding carboxylic acids is 1. The van der Waals surface area contributed by atoms with E-state index in [2.05, 4.69) is 18.1 Å². The van der Waals surface area contributed by atoms with Gasteiger partial charge in [-0.1, -0.05) is 23.8 Å². The van der Waals surface area contributed by atoms with Crippen LogP contribution in [0.5, 0.6) is 5.88 Å². The largest absolute Gasteiger partial charge is 0.473 e. The van der Waals surface area contributed by atoms with Crippen LogP contribution in [0, 0.1) is 0 Å². The maximum Gasteiger partial charge on any atom is 0.363 e. The molecule has 1 aliphatic rings. The molecule has 0 spiro atoms. The van der Waals surface area contributed by atoms with Crippen LogP contribution < -0.4 is 9.33 Å². The average molecular weight is 372 g/mol. The van der Waals surface area contributed by atoms with Crippen LogP contribution in [0.25, 0.3) is 0 Å². The number of pyridine rings is 1. The van der Waals surface area contributed by atoms with Crippen molar-refractivity contribution in [2.45, 2.75) is 45.6 Å². The first-order chi connectivity index (χ1) is 12.7. The molecule has 0 bridgehead atoms. The Morgan fingerprint density at radius 3 is 2.59 bits per heavy atom. The van der Waals surface area contributed by atoms with Crippen molar-refractivity contribution < 1.29 is 14.3 Å². The Labute approximate surface area is 161 Å². The molecule has 27 heavy (non-hydrogen) atoms. The smallest absolute Gasteiger partial charge is 0.363 e. The first-order valence-corrected chi connectivity index (χ1v) is 9.26. The topological polar surface area (TPSA) is 60.8 Å². The highest BCUT2D eigenvalue weighted by molar-refractivity contribution is 6.45.